The number of hydrogen-bond acceptors (Lipinski definition) is 8. The van der Waals surface area contributed by atoms with Crippen molar-refractivity contribution < 1.29 is 5.11 Å². The molecule has 2 atom stereocenters. The van der Waals surface area contributed by atoms with Crippen LogP contribution in [-0.4, -0.2) is 66.0 Å². The van der Waals surface area contributed by atoms with E-state index >= 15 is 0 Å². The van der Waals surface area contributed by atoms with Crippen molar-refractivity contribution in [2.45, 2.75) is 38.8 Å². The minimum atomic E-state index is 0.193. The quantitative estimate of drug-likeness (QED) is 0.560. The van der Waals surface area contributed by atoms with Gasteiger partial charge in [-0.05, 0) is 31.0 Å². The molecular formula is C23H35N7O. The van der Waals surface area contributed by atoms with E-state index in [1.807, 2.05) is 52.3 Å². The van der Waals surface area contributed by atoms with Crippen LogP contribution in [0.1, 0.15) is 26.7 Å². The number of nitrogen functional groups attached to an aromatic ring is 1. The van der Waals surface area contributed by atoms with Gasteiger partial charge in [-0.2, -0.15) is 0 Å². The van der Waals surface area contributed by atoms with Crippen molar-refractivity contribution in [3.8, 4) is 17.0 Å². The fourth-order valence-corrected chi connectivity index (χ4v) is 4.48. The first-order chi connectivity index (χ1) is 15.1. The van der Waals surface area contributed by atoms with Gasteiger partial charge in [0, 0.05) is 63.3 Å². The summed E-state index contributed by atoms with van der Waals surface area (Å²) >= 11 is 0. The number of phenols is 1. The predicted molar refractivity (Wildman–Crippen MR) is 127 cm³/mol. The van der Waals surface area contributed by atoms with E-state index in [2.05, 4.69) is 30.6 Å². The Hall–Kier alpha value is -3.00. The number of hydrogen-bond donors (Lipinski definition) is 4. The van der Waals surface area contributed by atoms with E-state index in [-0.39, 0.29) is 5.75 Å². The van der Waals surface area contributed by atoms with Crippen molar-refractivity contribution in [2.24, 2.45) is 0 Å². The van der Waals surface area contributed by atoms with Crippen molar-refractivity contribution in [2.75, 3.05) is 44.4 Å². The van der Waals surface area contributed by atoms with E-state index in [9.17, 15) is 5.11 Å². The number of fused-ring (bicyclic) bond motifs is 2. The molecular weight excluding hydrogens is 390 g/mol. The summed E-state index contributed by atoms with van der Waals surface area (Å²) in [5.74, 6) is 0.626. The Bertz CT molecular complexity index is 887. The molecule has 0 aliphatic carbocycles. The summed E-state index contributed by atoms with van der Waals surface area (Å²) in [6, 6.07) is 10.1. The maximum Gasteiger partial charge on any atom is 0.169 e. The summed E-state index contributed by atoms with van der Waals surface area (Å²) in [7, 11) is 3.89. The number of likely N-dealkylation sites (N-methyl/N-ethyl adjacent to an activating group) is 1. The van der Waals surface area contributed by atoms with E-state index in [0.29, 0.717) is 29.2 Å². The number of aromatic nitrogens is 2. The highest BCUT2D eigenvalue weighted by molar-refractivity contribution is 5.74. The molecule has 2 aliphatic heterocycles. The first-order valence-electron chi connectivity index (χ1n) is 11.1. The smallest absolute Gasteiger partial charge is 0.169 e. The molecule has 2 fully saturated rings. The van der Waals surface area contributed by atoms with Crippen LogP contribution in [0.15, 0.2) is 42.2 Å². The highest BCUT2D eigenvalue weighted by Crippen LogP contribution is 2.36. The average Bonchev–Trinajstić information content (AvgIpc) is 3.02. The number of aromatic hydroxyl groups is 1. The van der Waals surface area contributed by atoms with Gasteiger partial charge in [-0.1, -0.05) is 26.0 Å². The predicted octanol–water partition coefficient (Wildman–Crippen LogP) is 2.39. The molecule has 168 valence electrons. The largest absolute Gasteiger partial charge is 0.507 e. The van der Waals surface area contributed by atoms with E-state index < -0.39 is 0 Å². The molecule has 2 aliphatic rings. The van der Waals surface area contributed by atoms with Crippen LogP contribution in [0.2, 0.25) is 0 Å². The zero-order valence-corrected chi connectivity index (χ0v) is 19.0. The van der Waals surface area contributed by atoms with E-state index in [1.54, 1.807) is 12.1 Å². The molecule has 0 amide bonds. The van der Waals surface area contributed by atoms with Crippen molar-refractivity contribution >= 4 is 11.5 Å². The minimum Gasteiger partial charge on any atom is -0.507 e. The molecule has 5 N–H and O–H groups in total. The van der Waals surface area contributed by atoms with Crippen LogP contribution in [0.3, 0.4) is 0 Å². The lowest BCUT2D eigenvalue weighted by Crippen LogP contribution is -2.55. The lowest BCUT2D eigenvalue weighted by Gasteiger charge is -2.42. The number of para-hydroxylation sites is 1. The minimum absolute atomic E-state index is 0.193. The maximum atomic E-state index is 10.2. The fraction of sp³-hybridized carbons (Fsp3) is 0.478. The summed E-state index contributed by atoms with van der Waals surface area (Å²) < 4.78 is 0. The van der Waals surface area contributed by atoms with E-state index in [4.69, 9.17) is 5.73 Å². The van der Waals surface area contributed by atoms with Crippen molar-refractivity contribution in [3.63, 3.8) is 0 Å². The van der Waals surface area contributed by atoms with Crippen LogP contribution < -0.4 is 21.3 Å². The Morgan fingerprint density at radius 3 is 2.45 bits per heavy atom. The van der Waals surface area contributed by atoms with Gasteiger partial charge in [-0.25, -0.2) is 0 Å². The van der Waals surface area contributed by atoms with Crippen LogP contribution in [0, 0.1) is 0 Å². The number of benzene rings is 1. The van der Waals surface area contributed by atoms with Gasteiger partial charge in [0.1, 0.15) is 5.75 Å². The SMILES string of the molecule is CC.CN/C=C(/CN1C2CCC1CN(c1cc(-c3ccccc3O)nnc1N)C2)NC. The summed E-state index contributed by atoms with van der Waals surface area (Å²) in [5, 5.41) is 25.0. The molecule has 2 aromatic rings. The molecule has 8 heteroatoms. The molecule has 2 unspecified atom stereocenters. The zero-order chi connectivity index (χ0) is 22.4. The maximum absolute atomic E-state index is 10.2. The third kappa shape index (κ3) is 4.85. The highest BCUT2D eigenvalue weighted by atomic mass is 16.3. The number of nitrogens with one attached hydrogen (secondary N) is 2. The lowest BCUT2D eigenvalue weighted by molar-refractivity contribution is 0.182. The summed E-state index contributed by atoms with van der Waals surface area (Å²) in [5.41, 5.74) is 9.59. The highest BCUT2D eigenvalue weighted by Gasteiger charge is 2.40. The third-order valence-corrected chi connectivity index (χ3v) is 5.95. The number of rotatable bonds is 6. The average molecular weight is 426 g/mol. The van der Waals surface area contributed by atoms with Crippen molar-refractivity contribution in [1.82, 2.24) is 25.7 Å². The first-order valence-corrected chi connectivity index (χ1v) is 11.1. The summed E-state index contributed by atoms with van der Waals surface area (Å²) in [4.78, 5) is 4.91. The van der Waals surface area contributed by atoms with Crippen LogP contribution in [0.25, 0.3) is 11.3 Å². The molecule has 0 radical (unpaired) electrons. The monoisotopic (exact) mass is 425 g/mol. The van der Waals surface area contributed by atoms with E-state index in [0.717, 1.165) is 25.3 Å². The first kappa shape index (κ1) is 22.7. The molecule has 2 bridgehead atoms. The standard InChI is InChI=1S/C21H29N7O.C2H6/c1-23-10-14(24-2)11-28-15-7-8-16(28)13-27(12-15)19-9-18(25-26-21(19)22)17-5-3-4-6-20(17)29;1-2/h3-6,9-10,15-16,23-24,29H,7-8,11-13H2,1-2H3,(H2,22,26);1-2H3/b14-10-;. The van der Waals surface area contributed by atoms with Crippen LogP contribution in [0.4, 0.5) is 11.5 Å². The molecule has 0 spiro atoms. The van der Waals surface area contributed by atoms with Crippen molar-refractivity contribution in [3.05, 3.63) is 42.2 Å². The van der Waals surface area contributed by atoms with Gasteiger partial charge < -0.3 is 26.4 Å². The van der Waals surface area contributed by atoms with Gasteiger partial charge in [0.2, 0.25) is 0 Å². The number of nitrogens with zero attached hydrogens (tertiary/aromatic N) is 4. The summed E-state index contributed by atoms with van der Waals surface area (Å²) in [6.07, 6.45) is 4.39. The number of anilines is 2. The Morgan fingerprint density at radius 1 is 1.16 bits per heavy atom. The normalized spacial score (nSPS) is 20.8. The second-order valence-corrected chi connectivity index (χ2v) is 7.69. The van der Waals surface area contributed by atoms with E-state index in [1.165, 1.54) is 18.5 Å². The van der Waals surface area contributed by atoms with Gasteiger partial charge in [-0.3, -0.25) is 4.90 Å². The number of piperazine rings is 1. The Morgan fingerprint density at radius 2 is 1.84 bits per heavy atom. The fourth-order valence-electron chi connectivity index (χ4n) is 4.48. The summed E-state index contributed by atoms with van der Waals surface area (Å²) in [6.45, 7) is 6.72. The molecule has 4 rings (SSSR count). The topological polar surface area (TPSA) is 103 Å². The third-order valence-electron chi connectivity index (χ3n) is 5.95. The number of nitrogens with two attached hydrogens (primary N) is 1. The molecule has 8 nitrogen and oxygen atoms in total. The zero-order valence-electron chi connectivity index (χ0n) is 19.0. The molecule has 1 aromatic carbocycles. The van der Waals surface area contributed by atoms with Gasteiger partial charge in [0.05, 0.1) is 11.4 Å². The second-order valence-electron chi connectivity index (χ2n) is 7.69. The molecule has 1 aromatic heterocycles. The van der Waals surface area contributed by atoms with Gasteiger partial charge in [-0.15, -0.1) is 10.2 Å². The van der Waals surface area contributed by atoms with Crippen LogP contribution >= 0.6 is 0 Å². The lowest BCUT2D eigenvalue weighted by atomic mass is 10.1. The molecule has 2 saturated heterocycles. The van der Waals surface area contributed by atoms with Gasteiger partial charge >= 0.3 is 0 Å². The Kier molecular flexibility index (Phi) is 7.57. The van der Waals surface area contributed by atoms with Gasteiger partial charge in [0.15, 0.2) is 5.82 Å². The van der Waals surface area contributed by atoms with Crippen molar-refractivity contribution in [1.29, 1.82) is 0 Å². The molecule has 31 heavy (non-hydrogen) atoms. The van der Waals surface area contributed by atoms with Gasteiger partial charge in [0.25, 0.3) is 0 Å². The van der Waals surface area contributed by atoms with Crippen LogP contribution in [0.5, 0.6) is 5.75 Å². The number of phenolic OH excluding ortho intramolecular Hbond substituents is 1. The Labute approximate surface area is 185 Å². The second kappa shape index (κ2) is 10.3. The molecule has 0 saturated carbocycles. The van der Waals surface area contributed by atoms with Crippen LogP contribution in [-0.2, 0) is 0 Å². The molecule has 3 heterocycles. The Balaban J connectivity index is 0.00000132.